The summed E-state index contributed by atoms with van der Waals surface area (Å²) in [6, 6.07) is 9.28. The standard InChI is InChI=1S/C12H9FN4/c13-9-1-3-10(4-2-9)17-12-11(15)8(7-14)5-6-16-12/h1-6H,15H2,(H,16,17). The van der Waals surface area contributed by atoms with Crippen molar-refractivity contribution in [2.24, 2.45) is 0 Å². The fourth-order valence-corrected chi connectivity index (χ4v) is 1.34. The van der Waals surface area contributed by atoms with Crippen molar-refractivity contribution in [3.63, 3.8) is 0 Å². The van der Waals surface area contributed by atoms with E-state index < -0.39 is 0 Å². The van der Waals surface area contributed by atoms with Crippen molar-refractivity contribution in [3.05, 3.63) is 47.9 Å². The molecule has 4 nitrogen and oxygen atoms in total. The van der Waals surface area contributed by atoms with Crippen molar-refractivity contribution >= 4 is 17.2 Å². The molecule has 0 saturated heterocycles. The van der Waals surface area contributed by atoms with Crippen LogP contribution in [0, 0.1) is 17.1 Å². The quantitative estimate of drug-likeness (QED) is 0.827. The summed E-state index contributed by atoms with van der Waals surface area (Å²) in [6.07, 6.45) is 1.49. The molecule has 0 saturated carbocycles. The lowest BCUT2D eigenvalue weighted by atomic mass is 10.2. The van der Waals surface area contributed by atoms with Gasteiger partial charge in [0.15, 0.2) is 5.82 Å². The van der Waals surface area contributed by atoms with Gasteiger partial charge in [0.1, 0.15) is 11.9 Å². The number of benzene rings is 1. The topological polar surface area (TPSA) is 74.7 Å². The normalized spacial score (nSPS) is 9.65. The Bertz CT molecular complexity index is 572. The molecule has 1 heterocycles. The molecule has 0 unspecified atom stereocenters. The van der Waals surface area contributed by atoms with Gasteiger partial charge >= 0.3 is 0 Å². The second-order valence-corrected chi connectivity index (χ2v) is 3.36. The van der Waals surface area contributed by atoms with Gasteiger partial charge in [-0.25, -0.2) is 9.37 Å². The van der Waals surface area contributed by atoms with Crippen LogP contribution in [-0.2, 0) is 0 Å². The fourth-order valence-electron chi connectivity index (χ4n) is 1.34. The van der Waals surface area contributed by atoms with Crippen molar-refractivity contribution in [1.29, 1.82) is 5.26 Å². The smallest absolute Gasteiger partial charge is 0.154 e. The van der Waals surface area contributed by atoms with E-state index >= 15 is 0 Å². The van der Waals surface area contributed by atoms with Gasteiger partial charge in [0.2, 0.25) is 0 Å². The molecule has 0 spiro atoms. The zero-order valence-corrected chi connectivity index (χ0v) is 8.81. The maximum absolute atomic E-state index is 12.7. The zero-order valence-electron chi connectivity index (χ0n) is 8.81. The lowest BCUT2D eigenvalue weighted by Gasteiger charge is -2.08. The number of rotatable bonds is 2. The van der Waals surface area contributed by atoms with Crippen LogP contribution in [0.2, 0.25) is 0 Å². The molecule has 0 radical (unpaired) electrons. The Morgan fingerprint density at radius 1 is 1.24 bits per heavy atom. The number of halogens is 1. The molecule has 2 rings (SSSR count). The number of nitrogens with one attached hydrogen (secondary N) is 1. The molecular formula is C12H9FN4. The van der Waals surface area contributed by atoms with Gasteiger partial charge in [0, 0.05) is 11.9 Å². The highest BCUT2D eigenvalue weighted by Crippen LogP contribution is 2.23. The van der Waals surface area contributed by atoms with Crippen molar-refractivity contribution in [2.75, 3.05) is 11.1 Å². The Morgan fingerprint density at radius 3 is 2.59 bits per heavy atom. The molecular weight excluding hydrogens is 219 g/mol. The Balaban J connectivity index is 2.31. The monoisotopic (exact) mass is 228 g/mol. The van der Waals surface area contributed by atoms with E-state index in [0.29, 0.717) is 17.1 Å². The summed E-state index contributed by atoms with van der Waals surface area (Å²) < 4.78 is 12.7. The van der Waals surface area contributed by atoms with Crippen molar-refractivity contribution in [2.45, 2.75) is 0 Å². The molecule has 0 amide bonds. The number of nitrogens with zero attached hydrogens (tertiary/aromatic N) is 2. The summed E-state index contributed by atoms with van der Waals surface area (Å²) in [5.41, 5.74) is 7.03. The van der Waals surface area contributed by atoms with Gasteiger partial charge < -0.3 is 11.1 Å². The van der Waals surface area contributed by atoms with Gasteiger partial charge in [-0.3, -0.25) is 0 Å². The van der Waals surface area contributed by atoms with E-state index in [-0.39, 0.29) is 11.5 Å². The maximum atomic E-state index is 12.7. The first-order valence-electron chi connectivity index (χ1n) is 4.88. The van der Waals surface area contributed by atoms with Crippen LogP contribution in [0.25, 0.3) is 0 Å². The van der Waals surface area contributed by atoms with Gasteiger partial charge in [0.25, 0.3) is 0 Å². The molecule has 2 aromatic rings. The molecule has 3 N–H and O–H groups in total. The van der Waals surface area contributed by atoms with Crippen LogP contribution in [-0.4, -0.2) is 4.98 Å². The average molecular weight is 228 g/mol. The van der Waals surface area contributed by atoms with E-state index in [9.17, 15) is 4.39 Å². The molecule has 17 heavy (non-hydrogen) atoms. The van der Waals surface area contributed by atoms with E-state index in [1.807, 2.05) is 6.07 Å². The Hall–Kier alpha value is -2.61. The van der Waals surface area contributed by atoms with Crippen molar-refractivity contribution in [1.82, 2.24) is 4.98 Å². The minimum atomic E-state index is -0.317. The molecule has 1 aromatic carbocycles. The van der Waals surface area contributed by atoms with Gasteiger partial charge in [-0.1, -0.05) is 0 Å². The number of nitrogen functional groups attached to an aromatic ring is 1. The molecule has 0 aliphatic heterocycles. The summed E-state index contributed by atoms with van der Waals surface area (Å²) in [5.74, 6) is 0.0675. The molecule has 0 atom stereocenters. The van der Waals surface area contributed by atoms with Crippen LogP contribution in [0.3, 0.4) is 0 Å². The second kappa shape index (κ2) is 4.49. The molecule has 0 aliphatic rings. The highest BCUT2D eigenvalue weighted by atomic mass is 19.1. The van der Waals surface area contributed by atoms with Gasteiger partial charge in [-0.15, -0.1) is 0 Å². The van der Waals surface area contributed by atoms with Gasteiger partial charge in [-0.05, 0) is 30.3 Å². The molecule has 0 bridgehead atoms. The highest BCUT2D eigenvalue weighted by Gasteiger charge is 2.05. The van der Waals surface area contributed by atoms with E-state index in [1.54, 1.807) is 12.1 Å². The predicted octanol–water partition coefficient (Wildman–Crippen LogP) is 2.42. The summed E-state index contributed by atoms with van der Waals surface area (Å²) in [4.78, 5) is 4.02. The molecule has 1 aromatic heterocycles. The zero-order chi connectivity index (χ0) is 12.3. The number of anilines is 3. The number of hydrogen-bond acceptors (Lipinski definition) is 4. The first-order valence-corrected chi connectivity index (χ1v) is 4.88. The molecule has 0 fully saturated rings. The third-order valence-electron chi connectivity index (χ3n) is 2.22. The number of nitriles is 1. The predicted molar refractivity (Wildman–Crippen MR) is 63.0 cm³/mol. The van der Waals surface area contributed by atoms with Crippen LogP contribution in [0.15, 0.2) is 36.5 Å². The van der Waals surface area contributed by atoms with Crippen molar-refractivity contribution < 1.29 is 4.39 Å². The van der Waals surface area contributed by atoms with Crippen LogP contribution < -0.4 is 11.1 Å². The van der Waals surface area contributed by atoms with Crippen LogP contribution >= 0.6 is 0 Å². The molecule has 5 heteroatoms. The van der Waals surface area contributed by atoms with Gasteiger partial charge in [0.05, 0.1) is 11.3 Å². The summed E-state index contributed by atoms with van der Waals surface area (Å²) in [7, 11) is 0. The minimum absolute atomic E-state index is 0.277. The number of nitrogens with two attached hydrogens (primary N) is 1. The van der Waals surface area contributed by atoms with E-state index in [4.69, 9.17) is 11.0 Å². The lowest BCUT2D eigenvalue weighted by molar-refractivity contribution is 0.628. The molecule has 0 aliphatic carbocycles. The largest absolute Gasteiger partial charge is 0.395 e. The highest BCUT2D eigenvalue weighted by molar-refractivity contribution is 5.73. The van der Waals surface area contributed by atoms with E-state index in [2.05, 4.69) is 10.3 Å². The van der Waals surface area contributed by atoms with Gasteiger partial charge in [-0.2, -0.15) is 5.26 Å². The third-order valence-corrected chi connectivity index (χ3v) is 2.22. The van der Waals surface area contributed by atoms with Crippen LogP contribution in [0.5, 0.6) is 0 Å². The van der Waals surface area contributed by atoms with Crippen LogP contribution in [0.4, 0.5) is 21.6 Å². The summed E-state index contributed by atoms with van der Waals surface area (Å²) >= 11 is 0. The number of pyridine rings is 1. The Morgan fingerprint density at radius 2 is 1.94 bits per heavy atom. The van der Waals surface area contributed by atoms with E-state index in [0.717, 1.165) is 0 Å². The maximum Gasteiger partial charge on any atom is 0.154 e. The van der Waals surface area contributed by atoms with Crippen LogP contribution in [0.1, 0.15) is 5.56 Å². The number of aromatic nitrogens is 1. The van der Waals surface area contributed by atoms with E-state index in [1.165, 1.54) is 24.4 Å². The number of hydrogen-bond donors (Lipinski definition) is 2. The fraction of sp³-hybridized carbons (Fsp3) is 0. The third kappa shape index (κ3) is 2.32. The molecule has 84 valence electrons. The lowest BCUT2D eigenvalue weighted by Crippen LogP contribution is -2.01. The SMILES string of the molecule is N#Cc1ccnc(Nc2ccc(F)cc2)c1N. The Labute approximate surface area is 97.5 Å². The first kappa shape index (κ1) is 10.9. The summed E-state index contributed by atoms with van der Waals surface area (Å²) in [6.45, 7) is 0. The van der Waals surface area contributed by atoms with Crippen molar-refractivity contribution in [3.8, 4) is 6.07 Å². The summed E-state index contributed by atoms with van der Waals surface area (Å²) in [5, 5.41) is 11.7. The second-order valence-electron chi connectivity index (χ2n) is 3.36. The minimum Gasteiger partial charge on any atom is -0.395 e. The Kier molecular flexibility index (Phi) is 2.88. The average Bonchev–Trinajstić information content (AvgIpc) is 2.35. The first-order chi connectivity index (χ1) is 8.20.